The molecule has 106 valence electrons. The zero-order valence-electron chi connectivity index (χ0n) is 11.8. The fraction of sp³-hybridized carbons (Fsp3) is 0.357. The van der Waals surface area contributed by atoms with Gasteiger partial charge in [-0.2, -0.15) is 0 Å². The molecule has 1 aromatic heterocycles. The van der Waals surface area contributed by atoms with Crippen molar-refractivity contribution >= 4 is 23.1 Å². The fourth-order valence-corrected chi connectivity index (χ4v) is 2.61. The van der Waals surface area contributed by atoms with E-state index in [1.165, 1.54) is 0 Å². The Morgan fingerprint density at radius 3 is 2.80 bits per heavy atom. The summed E-state index contributed by atoms with van der Waals surface area (Å²) in [7, 11) is 1.88. The van der Waals surface area contributed by atoms with Gasteiger partial charge in [-0.25, -0.2) is 0 Å². The topological polar surface area (TPSA) is 66.9 Å². The molecule has 0 aliphatic carbocycles. The molecule has 5 nitrogen and oxygen atoms in total. The van der Waals surface area contributed by atoms with Gasteiger partial charge in [-0.1, -0.05) is 36.5 Å². The van der Waals surface area contributed by atoms with Crippen molar-refractivity contribution in [1.82, 2.24) is 14.9 Å². The fourth-order valence-electron chi connectivity index (χ4n) is 1.90. The highest BCUT2D eigenvalue weighted by molar-refractivity contribution is 7.08. The van der Waals surface area contributed by atoms with Crippen LogP contribution in [0.2, 0.25) is 0 Å². The number of benzene rings is 1. The molecule has 2 rings (SSSR count). The van der Waals surface area contributed by atoms with Crippen LogP contribution in [-0.2, 0) is 6.54 Å². The highest BCUT2D eigenvalue weighted by Crippen LogP contribution is 2.22. The van der Waals surface area contributed by atoms with Crippen LogP contribution >= 0.6 is 11.5 Å². The summed E-state index contributed by atoms with van der Waals surface area (Å²) in [5, 5.41) is 10.1. The zero-order chi connectivity index (χ0) is 14.5. The normalized spacial score (nSPS) is 10.8. The summed E-state index contributed by atoms with van der Waals surface area (Å²) in [6.45, 7) is 4.71. The number of amides is 1. The molecule has 20 heavy (non-hydrogen) atoms. The maximum Gasteiger partial charge on any atom is 0.269 e. The second-order valence-corrected chi connectivity index (χ2v) is 5.54. The van der Waals surface area contributed by atoms with Gasteiger partial charge in [-0.15, -0.1) is 5.10 Å². The van der Waals surface area contributed by atoms with Crippen molar-refractivity contribution in [3.8, 4) is 0 Å². The summed E-state index contributed by atoms with van der Waals surface area (Å²) in [5.74, 6) is 0.0364. The van der Waals surface area contributed by atoms with E-state index in [2.05, 4.69) is 20.2 Å². The summed E-state index contributed by atoms with van der Waals surface area (Å²) in [5.41, 5.74) is 2.61. The Morgan fingerprint density at radius 1 is 1.35 bits per heavy atom. The van der Waals surface area contributed by atoms with Gasteiger partial charge < -0.3 is 10.6 Å². The number of hydrogen-bond acceptors (Lipinski definition) is 5. The number of anilines is 1. The molecule has 0 saturated heterocycles. The lowest BCUT2D eigenvalue weighted by molar-refractivity contribution is 0.102. The summed E-state index contributed by atoms with van der Waals surface area (Å²) in [6, 6.07) is 7.74. The third kappa shape index (κ3) is 3.20. The van der Waals surface area contributed by atoms with Crippen molar-refractivity contribution < 1.29 is 4.79 Å². The summed E-state index contributed by atoms with van der Waals surface area (Å²) in [4.78, 5) is 12.9. The van der Waals surface area contributed by atoms with Crippen LogP contribution in [-0.4, -0.2) is 22.5 Å². The Balaban J connectivity index is 2.21. The van der Waals surface area contributed by atoms with Crippen LogP contribution in [0.4, 0.5) is 5.69 Å². The monoisotopic (exact) mass is 290 g/mol. The van der Waals surface area contributed by atoms with Gasteiger partial charge in [-0.3, -0.25) is 4.79 Å². The van der Waals surface area contributed by atoms with E-state index in [9.17, 15) is 4.79 Å². The molecule has 0 fully saturated rings. The number of nitrogens with one attached hydrogen (secondary N) is 2. The van der Waals surface area contributed by atoms with E-state index >= 15 is 0 Å². The molecular formula is C14H18N4OS. The highest BCUT2D eigenvalue weighted by atomic mass is 32.1. The smallest absolute Gasteiger partial charge is 0.269 e. The number of carbonyl (C=O) groups is 1. The molecule has 0 atom stereocenters. The third-order valence-corrected chi connectivity index (χ3v) is 3.64. The molecule has 1 heterocycles. The van der Waals surface area contributed by atoms with Crippen LogP contribution in [0.15, 0.2) is 24.3 Å². The van der Waals surface area contributed by atoms with Crippen molar-refractivity contribution in [2.75, 3.05) is 12.4 Å². The second-order valence-electron chi connectivity index (χ2n) is 4.78. The van der Waals surface area contributed by atoms with Crippen molar-refractivity contribution in [2.45, 2.75) is 26.3 Å². The second kappa shape index (κ2) is 6.58. The minimum absolute atomic E-state index is 0.146. The molecule has 1 amide bonds. The average Bonchev–Trinajstić information content (AvgIpc) is 2.91. The quantitative estimate of drug-likeness (QED) is 0.888. The van der Waals surface area contributed by atoms with Gasteiger partial charge in [0.1, 0.15) is 4.88 Å². The van der Waals surface area contributed by atoms with Gasteiger partial charge in [0, 0.05) is 12.2 Å². The number of aromatic nitrogens is 2. The maximum absolute atomic E-state index is 12.4. The molecule has 6 heteroatoms. The predicted octanol–water partition coefficient (Wildman–Crippen LogP) is 2.63. The Bertz CT molecular complexity index is 594. The molecule has 0 aliphatic heterocycles. The minimum Gasteiger partial charge on any atom is -0.321 e. The molecule has 2 N–H and O–H groups in total. The Labute approximate surface area is 122 Å². The van der Waals surface area contributed by atoms with E-state index in [1.807, 2.05) is 45.2 Å². The van der Waals surface area contributed by atoms with Crippen LogP contribution in [0.5, 0.6) is 0 Å². The van der Waals surface area contributed by atoms with Crippen molar-refractivity contribution in [2.24, 2.45) is 0 Å². The molecule has 0 radical (unpaired) electrons. The van der Waals surface area contributed by atoms with Gasteiger partial charge in [0.2, 0.25) is 0 Å². The van der Waals surface area contributed by atoms with E-state index < -0.39 is 0 Å². The van der Waals surface area contributed by atoms with Crippen molar-refractivity contribution in [3.63, 3.8) is 0 Å². The lowest BCUT2D eigenvalue weighted by atomic mass is 10.1. The SMILES string of the molecule is CNCc1ccccc1NC(=O)c1snnc1C(C)C. The lowest BCUT2D eigenvalue weighted by Gasteiger charge is -2.10. The van der Waals surface area contributed by atoms with Gasteiger partial charge in [0.25, 0.3) is 5.91 Å². The van der Waals surface area contributed by atoms with E-state index in [0.717, 1.165) is 28.5 Å². The van der Waals surface area contributed by atoms with E-state index in [-0.39, 0.29) is 11.8 Å². The van der Waals surface area contributed by atoms with Gasteiger partial charge in [0.05, 0.1) is 5.69 Å². The molecule has 0 unspecified atom stereocenters. The Kier molecular flexibility index (Phi) is 4.81. The first-order chi connectivity index (χ1) is 9.63. The molecule has 0 bridgehead atoms. The van der Waals surface area contributed by atoms with Crippen molar-refractivity contribution in [3.05, 3.63) is 40.4 Å². The van der Waals surface area contributed by atoms with Crippen LogP contribution in [0.1, 0.15) is 40.7 Å². The molecular weight excluding hydrogens is 272 g/mol. The maximum atomic E-state index is 12.4. The van der Waals surface area contributed by atoms with Crippen LogP contribution in [0, 0.1) is 0 Å². The Hall–Kier alpha value is -1.79. The van der Waals surface area contributed by atoms with Crippen LogP contribution in [0.25, 0.3) is 0 Å². The minimum atomic E-state index is -0.146. The first kappa shape index (κ1) is 14.6. The summed E-state index contributed by atoms with van der Waals surface area (Å²) < 4.78 is 3.88. The molecule has 0 aliphatic rings. The van der Waals surface area contributed by atoms with E-state index in [1.54, 1.807) is 0 Å². The van der Waals surface area contributed by atoms with Crippen molar-refractivity contribution in [1.29, 1.82) is 0 Å². The standard InChI is InChI=1S/C14H18N4OS/c1-9(2)12-13(20-18-17-12)14(19)16-11-7-5-4-6-10(11)8-15-3/h4-7,9,15H,8H2,1-3H3,(H,16,19). The Morgan fingerprint density at radius 2 is 2.10 bits per heavy atom. The van der Waals surface area contributed by atoms with Gasteiger partial charge >= 0.3 is 0 Å². The number of rotatable bonds is 5. The molecule has 2 aromatic rings. The lowest BCUT2D eigenvalue weighted by Crippen LogP contribution is -2.16. The largest absolute Gasteiger partial charge is 0.321 e. The molecule has 0 saturated carbocycles. The highest BCUT2D eigenvalue weighted by Gasteiger charge is 2.19. The van der Waals surface area contributed by atoms with Gasteiger partial charge in [0.15, 0.2) is 0 Å². The first-order valence-corrected chi connectivity index (χ1v) is 7.27. The molecule has 1 aromatic carbocycles. The van der Waals surface area contributed by atoms with E-state index in [4.69, 9.17) is 0 Å². The predicted molar refractivity (Wildman–Crippen MR) is 81.2 cm³/mol. The number of para-hydroxylation sites is 1. The number of carbonyl (C=O) groups excluding carboxylic acids is 1. The zero-order valence-corrected chi connectivity index (χ0v) is 12.6. The van der Waals surface area contributed by atoms with Gasteiger partial charge in [-0.05, 0) is 36.1 Å². The average molecular weight is 290 g/mol. The number of hydrogen-bond donors (Lipinski definition) is 2. The first-order valence-electron chi connectivity index (χ1n) is 6.49. The van der Waals surface area contributed by atoms with E-state index in [0.29, 0.717) is 11.4 Å². The van der Waals surface area contributed by atoms with Crippen LogP contribution < -0.4 is 10.6 Å². The van der Waals surface area contributed by atoms with Crippen LogP contribution in [0.3, 0.4) is 0 Å². The summed E-state index contributed by atoms with van der Waals surface area (Å²) in [6.07, 6.45) is 0. The third-order valence-electron chi connectivity index (χ3n) is 2.90. The summed E-state index contributed by atoms with van der Waals surface area (Å²) >= 11 is 1.14. The number of nitrogens with zero attached hydrogens (tertiary/aromatic N) is 2. The molecule has 0 spiro atoms.